The first kappa shape index (κ1) is 33.7. The average molecular weight is 651 g/mol. The van der Waals surface area contributed by atoms with Crippen LogP contribution in [-0.4, -0.2) is 71.3 Å². The maximum atomic E-state index is 14.6. The summed E-state index contributed by atoms with van der Waals surface area (Å²) in [4.78, 5) is 69.6. The van der Waals surface area contributed by atoms with Crippen LogP contribution in [0.3, 0.4) is 0 Å². The SMILES string of the molecule is C=CCC[C@@H](NC(=O)[C@@H]1[C@@H]2C(CN1C(=O)[C@@H](NC(=O)OC13CC4CC(CC(C4)C1)C3)C1CCCCC1)C2(C)C)C(=O)C(=O)NCC=C. The molecule has 6 saturated carbocycles. The van der Waals surface area contributed by atoms with Crippen molar-refractivity contribution in [2.24, 2.45) is 40.9 Å². The van der Waals surface area contributed by atoms with Crippen molar-refractivity contribution in [2.45, 2.75) is 121 Å². The zero-order valence-corrected chi connectivity index (χ0v) is 28.3. The summed E-state index contributed by atoms with van der Waals surface area (Å²) in [6.07, 6.45) is 14.5. The monoisotopic (exact) mass is 650 g/mol. The first-order valence-corrected chi connectivity index (χ1v) is 18.1. The van der Waals surface area contributed by atoms with Gasteiger partial charge in [-0.1, -0.05) is 45.3 Å². The first-order chi connectivity index (χ1) is 22.5. The predicted molar refractivity (Wildman–Crippen MR) is 177 cm³/mol. The van der Waals surface area contributed by atoms with Crippen LogP contribution >= 0.6 is 0 Å². The normalized spacial score (nSPS) is 34.4. The minimum absolute atomic E-state index is 0.0377. The predicted octanol–water partition coefficient (Wildman–Crippen LogP) is 4.44. The molecule has 0 aromatic heterocycles. The molecule has 3 N–H and O–H groups in total. The summed E-state index contributed by atoms with van der Waals surface area (Å²) < 4.78 is 6.30. The van der Waals surface area contributed by atoms with Gasteiger partial charge in [0.2, 0.25) is 17.6 Å². The molecule has 6 aliphatic carbocycles. The van der Waals surface area contributed by atoms with Gasteiger partial charge in [-0.25, -0.2) is 4.79 Å². The molecule has 10 heteroatoms. The van der Waals surface area contributed by atoms with Gasteiger partial charge >= 0.3 is 6.09 Å². The summed E-state index contributed by atoms with van der Waals surface area (Å²) in [6, 6.07) is -2.63. The summed E-state index contributed by atoms with van der Waals surface area (Å²) in [5, 5.41) is 8.41. The molecule has 1 heterocycles. The van der Waals surface area contributed by atoms with Crippen molar-refractivity contribution in [2.75, 3.05) is 13.1 Å². The van der Waals surface area contributed by atoms with E-state index >= 15 is 0 Å². The number of amides is 4. The second kappa shape index (κ2) is 13.4. The molecule has 258 valence electrons. The number of Topliss-reactive ketones (excluding diaryl/α,β-unsaturated/α-hetero) is 1. The quantitative estimate of drug-likeness (QED) is 0.200. The van der Waals surface area contributed by atoms with Gasteiger partial charge in [0.05, 0.1) is 6.04 Å². The van der Waals surface area contributed by atoms with Crippen molar-refractivity contribution in [3.63, 3.8) is 0 Å². The van der Waals surface area contributed by atoms with E-state index in [0.717, 1.165) is 51.4 Å². The zero-order valence-electron chi connectivity index (χ0n) is 28.3. The standard InChI is InChI=1S/C37H54N4O6/c1-5-7-13-27(31(42)33(44)38-14-6-2)39-32(43)30-28-26(36(28,3)4)21-41(30)34(45)29(25-11-9-8-10-12-25)40-35(46)47-37-18-22-15-23(19-37)17-24(16-22)20-37/h5-6,22-30H,1-2,7-21H2,3-4H3,(H,38,44)(H,39,43)(H,40,46)/t22?,23?,24?,26?,27-,28+,29+,30+,37?/m1/s1. The van der Waals surface area contributed by atoms with E-state index in [1.807, 2.05) is 0 Å². The van der Waals surface area contributed by atoms with E-state index in [1.165, 1.54) is 25.3 Å². The molecule has 47 heavy (non-hydrogen) atoms. The molecule has 5 atom stereocenters. The Kier molecular flexibility index (Phi) is 9.60. The fourth-order valence-corrected chi connectivity index (χ4v) is 10.6. The Balaban J connectivity index is 1.19. The number of fused-ring (bicyclic) bond motifs is 1. The minimum atomic E-state index is -1.05. The number of nitrogens with one attached hydrogen (secondary N) is 3. The number of likely N-dealkylation sites (tertiary alicyclic amines) is 1. The highest BCUT2D eigenvalue weighted by Gasteiger charge is 2.70. The number of carbonyl (C=O) groups excluding carboxylic acids is 5. The Bertz CT molecular complexity index is 1250. The van der Waals surface area contributed by atoms with Gasteiger partial charge in [0.25, 0.3) is 5.91 Å². The van der Waals surface area contributed by atoms with Gasteiger partial charge in [-0.2, -0.15) is 0 Å². The van der Waals surface area contributed by atoms with Crippen LogP contribution in [0.2, 0.25) is 0 Å². The van der Waals surface area contributed by atoms with Crippen molar-refractivity contribution in [3.8, 4) is 0 Å². The Morgan fingerprint density at radius 3 is 2.15 bits per heavy atom. The Morgan fingerprint density at radius 2 is 1.55 bits per heavy atom. The molecule has 4 bridgehead atoms. The van der Waals surface area contributed by atoms with Crippen LogP contribution in [0.4, 0.5) is 4.79 Å². The fourth-order valence-electron chi connectivity index (χ4n) is 10.6. The lowest BCUT2D eigenvalue weighted by molar-refractivity contribution is -0.145. The van der Waals surface area contributed by atoms with E-state index in [-0.39, 0.29) is 42.0 Å². The molecule has 10 nitrogen and oxygen atoms in total. The van der Waals surface area contributed by atoms with Crippen LogP contribution in [0.15, 0.2) is 25.3 Å². The lowest BCUT2D eigenvalue weighted by atomic mass is 9.54. The number of carbonyl (C=O) groups is 5. The van der Waals surface area contributed by atoms with E-state index in [1.54, 1.807) is 11.0 Å². The third kappa shape index (κ3) is 6.75. The van der Waals surface area contributed by atoms with E-state index in [0.29, 0.717) is 30.7 Å². The topological polar surface area (TPSA) is 134 Å². The molecule has 0 spiro atoms. The molecule has 1 saturated heterocycles. The van der Waals surface area contributed by atoms with Crippen molar-refractivity contribution >= 4 is 29.6 Å². The number of rotatable bonds is 13. The number of allylic oxidation sites excluding steroid dienone is 1. The lowest BCUT2D eigenvalue weighted by Gasteiger charge is -2.55. The summed E-state index contributed by atoms with van der Waals surface area (Å²) in [5.41, 5.74) is -0.572. The number of alkyl carbamates (subject to hydrolysis) is 1. The molecule has 7 aliphatic rings. The number of piperidine rings is 1. The Morgan fingerprint density at radius 1 is 0.915 bits per heavy atom. The first-order valence-electron chi connectivity index (χ1n) is 18.1. The molecule has 1 aliphatic heterocycles. The van der Waals surface area contributed by atoms with Crippen LogP contribution < -0.4 is 16.0 Å². The van der Waals surface area contributed by atoms with E-state index < -0.39 is 47.4 Å². The zero-order chi connectivity index (χ0) is 33.5. The minimum Gasteiger partial charge on any atom is -0.443 e. The van der Waals surface area contributed by atoms with Gasteiger partial charge in [0, 0.05) is 13.1 Å². The van der Waals surface area contributed by atoms with Gasteiger partial charge in [0.1, 0.15) is 17.7 Å². The molecule has 0 radical (unpaired) electrons. The van der Waals surface area contributed by atoms with Crippen LogP contribution in [0.1, 0.15) is 97.3 Å². The second-order valence-electron chi connectivity index (χ2n) is 16.2. The van der Waals surface area contributed by atoms with Gasteiger partial charge < -0.3 is 25.6 Å². The smallest absolute Gasteiger partial charge is 0.408 e. The molecule has 7 fully saturated rings. The van der Waals surface area contributed by atoms with Crippen molar-refractivity contribution in [1.82, 2.24) is 20.9 Å². The largest absolute Gasteiger partial charge is 0.443 e. The van der Waals surface area contributed by atoms with Gasteiger partial charge in [-0.15, -0.1) is 13.2 Å². The number of hydrogen-bond donors (Lipinski definition) is 3. The second-order valence-corrected chi connectivity index (χ2v) is 16.2. The summed E-state index contributed by atoms with van der Waals surface area (Å²) in [7, 11) is 0. The summed E-state index contributed by atoms with van der Waals surface area (Å²) in [6.45, 7) is 12.1. The summed E-state index contributed by atoms with van der Waals surface area (Å²) >= 11 is 0. The number of nitrogens with zero attached hydrogens (tertiary/aromatic N) is 1. The average Bonchev–Trinajstić information content (AvgIpc) is 3.34. The van der Waals surface area contributed by atoms with Gasteiger partial charge in [-0.05, 0) is 105 Å². The molecular formula is C37H54N4O6. The molecule has 1 unspecified atom stereocenters. The van der Waals surface area contributed by atoms with Crippen LogP contribution in [0.5, 0.6) is 0 Å². The maximum absolute atomic E-state index is 14.6. The van der Waals surface area contributed by atoms with E-state index in [4.69, 9.17) is 4.74 Å². The molecule has 0 aromatic rings. The van der Waals surface area contributed by atoms with E-state index in [2.05, 4.69) is 43.0 Å². The number of ketones is 1. The van der Waals surface area contributed by atoms with Crippen molar-refractivity contribution in [3.05, 3.63) is 25.3 Å². The molecule has 0 aromatic carbocycles. The Hall–Kier alpha value is -3.17. The van der Waals surface area contributed by atoms with Crippen LogP contribution in [0, 0.1) is 40.9 Å². The third-order valence-corrected chi connectivity index (χ3v) is 12.6. The highest BCUT2D eigenvalue weighted by atomic mass is 16.6. The lowest BCUT2D eigenvalue weighted by Crippen LogP contribution is -2.60. The number of ether oxygens (including phenoxy) is 1. The molecule has 7 rings (SSSR count). The molecule has 4 amide bonds. The Labute approximate surface area is 279 Å². The van der Waals surface area contributed by atoms with Gasteiger partial charge in [-0.3, -0.25) is 19.2 Å². The third-order valence-electron chi connectivity index (χ3n) is 12.6. The van der Waals surface area contributed by atoms with Crippen molar-refractivity contribution in [1.29, 1.82) is 0 Å². The van der Waals surface area contributed by atoms with E-state index in [9.17, 15) is 24.0 Å². The molecular weight excluding hydrogens is 596 g/mol. The van der Waals surface area contributed by atoms with Crippen molar-refractivity contribution < 1.29 is 28.7 Å². The highest BCUT2D eigenvalue weighted by molar-refractivity contribution is 6.38. The fraction of sp³-hybridized carbons (Fsp3) is 0.757. The maximum Gasteiger partial charge on any atom is 0.408 e. The van der Waals surface area contributed by atoms with Crippen LogP contribution in [0.25, 0.3) is 0 Å². The number of hydrogen-bond acceptors (Lipinski definition) is 6. The highest BCUT2D eigenvalue weighted by Crippen LogP contribution is 2.65. The van der Waals surface area contributed by atoms with Gasteiger partial charge in [0.15, 0.2) is 0 Å². The summed E-state index contributed by atoms with van der Waals surface area (Å²) in [5.74, 6) is -0.329. The van der Waals surface area contributed by atoms with Crippen LogP contribution in [-0.2, 0) is 23.9 Å².